The van der Waals surface area contributed by atoms with Crippen molar-refractivity contribution >= 4 is 17.5 Å². The fraction of sp³-hybridized carbons (Fsp3) is 0.706. The van der Waals surface area contributed by atoms with Crippen LogP contribution in [0.5, 0.6) is 0 Å². The summed E-state index contributed by atoms with van der Waals surface area (Å²) in [5, 5.41) is 3.57. The Bertz CT molecular complexity index is 550. The van der Waals surface area contributed by atoms with Crippen LogP contribution in [0.1, 0.15) is 39.0 Å². The Morgan fingerprint density at radius 2 is 2.17 bits per heavy atom. The number of rotatable bonds is 4. The first-order chi connectivity index (χ1) is 11.2. The first-order valence-electron chi connectivity index (χ1n) is 8.73. The minimum atomic E-state index is 0.141. The molecule has 126 valence electrons. The van der Waals surface area contributed by atoms with E-state index in [0.717, 1.165) is 30.6 Å². The maximum Gasteiger partial charge on any atom is 0.241 e. The van der Waals surface area contributed by atoms with Crippen molar-refractivity contribution < 1.29 is 4.79 Å². The Kier molecular flexibility index (Phi) is 4.98. The molecule has 1 saturated heterocycles. The van der Waals surface area contributed by atoms with Gasteiger partial charge in [0.2, 0.25) is 5.91 Å². The molecule has 1 aliphatic heterocycles. The zero-order valence-corrected chi connectivity index (χ0v) is 14.2. The molecule has 2 fully saturated rings. The number of nitrogens with zero attached hydrogens (tertiary/aromatic N) is 4. The Labute approximate surface area is 138 Å². The summed E-state index contributed by atoms with van der Waals surface area (Å²) in [4.78, 5) is 24.4. The largest absolute Gasteiger partial charge is 0.367 e. The zero-order chi connectivity index (χ0) is 16.2. The first kappa shape index (κ1) is 16.0. The summed E-state index contributed by atoms with van der Waals surface area (Å²) in [6.07, 6.45) is 7.94. The second-order valence-corrected chi connectivity index (χ2v) is 6.78. The van der Waals surface area contributed by atoms with Gasteiger partial charge in [0.15, 0.2) is 0 Å². The molecule has 0 aromatic carbocycles. The lowest BCUT2D eigenvalue weighted by molar-refractivity contribution is -0.129. The van der Waals surface area contributed by atoms with Crippen molar-refractivity contribution in [1.82, 2.24) is 14.9 Å². The Morgan fingerprint density at radius 1 is 1.30 bits per heavy atom. The number of nitrogens with one attached hydrogen (secondary N) is 1. The number of piperazine rings is 1. The number of amides is 1. The van der Waals surface area contributed by atoms with E-state index in [2.05, 4.69) is 22.2 Å². The summed E-state index contributed by atoms with van der Waals surface area (Å²) >= 11 is 0. The van der Waals surface area contributed by atoms with Gasteiger partial charge in [-0.15, -0.1) is 0 Å². The highest BCUT2D eigenvalue weighted by Crippen LogP contribution is 2.28. The van der Waals surface area contributed by atoms with Crippen molar-refractivity contribution in [2.45, 2.75) is 45.1 Å². The van der Waals surface area contributed by atoms with Gasteiger partial charge in [-0.25, -0.2) is 9.97 Å². The van der Waals surface area contributed by atoms with Gasteiger partial charge in [-0.05, 0) is 18.8 Å². The normalized spacial score (nSPS) is 25.6. The number of carbonyl (C=O) groups excluding carboxylic acids is 1. The van der Waals surface area contributed by atoms with Crippen LogP contribution < -0.4 is 10.2 Å². The minimum absolute atomic E-state index is 0.141. The molecule has 1 N–H and O–H groups in total. The predicted octanol–water partition coefficient (Wildman–Crippen LogP) is 2.14. The maximum atomic E-state index is 11.9. The van der Waals surface area contributed by atoms with Gasteiger partial charge in [-0.2, -0.15) is 0 Å². The van der Waals surface area contributed by atoms with E-state index in [4.69, 9.17) is 0 Å². The van der Waals surface area contributed by atoms with Gasteiger partial charge < -0.3 is 15.1 Å². The maximum absolute atomic E-state index is 11.9. The van der Waals surface area contributed by atoms with Crippen molar-refractivity contribution in [3.8, 4) is 0 Å². The van der Waals surface area contributed by atoms with E-state index >= 15 is 0 Å². The van der Waals surface area contributed by atoms with E-state index in [-0.39, 0.29) is 5.91 Å². The summed E-state index contributed by atoms with van der Waals surface area (Å²) < 4.78 is 0. The lowest BCUT2D eigenvalue weighted by Crippen LogP contribution is -2.48. The molecule has 3 rings (SSSR count). The van der Waals surface area contributed by atoms with Crippen LogP contribution in [-0.4, -0.2) is 53.5 Å². The van der Waals surface area contributed by atoms with Gasteiger partial charge in [-0.3, -0.25) is 4.79 Å². The molecule has 6 heteroatoms. The number of carbonyl (C=O) groups is 1. The van der Waals surface area contributed by atoms with E-state index < -0.39 is 0 Å². The summed E-state index contributed by atoms with van der Waals surface area (Å²) in [6, 6.07) is 2.49. The molecular formula is C17H27N5O. The van der Waals surface area contributed by atoms with Gasteiger partial charge in [0, 0.05) is 32.2 Å². The second kappa shape index (κ2) is 7.15. The number of likely N-dealkylation sites (N-methyl/N-ethyl adjacent to an activating group) is 1. The summed E-state index contributed by atoms with van der Waals surface area (Å²) in [5.41, 5.74) is 0. The van der Waals surface area contributed by atoms with E-state index in [1.54, 1.807) is 11.2 Å². The van der Waals surface area contributed by atoms with E-state index in [9.17, 15) is 4.79 Å². The van der Waals surface area contributed by atoms with E-state index in [1.807, 2.05) is 18.0 Å². The SMILES string of the molecule is CCC1CCCC(Nc2cc(N3CCN(C)C(=O)C3)ncn2)C1. The Balaban J connectivity index is 1.64. The highest BCUT2D eigenvalue weighted by Gasteiger charge is 2.23. The van der Waals surface area contributed by atoms with Crippen LogP contribution in [0.4, 0.5) is 11.6 Å². The quantitative estimate of drug-likeness (QED) is 0.922. The Morgan fingerprint density at radius 3 is 2.96 bits per heavy atom. The van der Waals surface area contributed by atoms with Crippen molar-refractivity contribution in [3.05, 3.63) is 12.4 Å². The average Bonchev–Trinajstić information content (AvgIpc) is 2.58. The third-order valence-corrected chi connectivity index (χ3v) is 5.15. The Hall–Kier alpha value is -1.85. The first-order valence-corrected chi connectivity index (χ1v) is 8.73. The average molecular weight is 317 g/mol. The standard InChI is InChI=1S/C17H27N5O/c1-3-13-5-4-6-14(9-13)20-15-10-16(19-12-18-15)22-8-7-21(2)17(23)11-22/h10,12-14H,3-9,11H2,1-2H3,(H,18,19,20). The fourth-order valence-corrected chi connectivity index (χ4v) is 3.55. The third kappa shape index (κ3) is 3.92. The molecule has 0 spiro atoms. The van der Waals surface area contributed by atoms with Gasteiger partial charge >= 0.3 is 0 Å². The van der Waals surface area contributed by atoms with Crippen LogP contribution in [0.3, 0.4) is 0 Å². The molecule has 2 heterocycles. The highest BCUT2D eigenvalue weighted by atomic mass is 16.2. The topological polar surface area (TPSA) is 61.4 Å². The lowest BCUT2D eigenvalue weighted by Gasteiger charge is -2.33. The molecule has 0 bridgehead atoms. The number of anilines is 2. The van der Waals surface area contributed by atoms with Crippen LogP contribution in [0.2, 0.25) is 0 Å². The van der Waals surface area contributed by atoms with Crippen molar-refractivity contribution in [2.24, 2.45) is 5.92 Å². The smallest absolute Gasteiger partial charge is 0.241 e. The molecule has 1 aromatic heterocycles. The number of hydrogen-bond donors (Lipinski definition) is 1. The minimum Gasteiger partial charge on any atom is -0.367 e. The molecule has 6 nitrogen and oxygen atoms in total. The molecule has 1 aromatic rings. The van der Waals surface area contributed by atoms with Crippen molar-refractivity contribution in [3.63, 3.8) is 0 Å². The fourth-order valence-electron chi connectivity index (χ4n) is 3.55. The van der Waals surface area contributed by atoms with Crippen molar-refractivity contribution in [1.29, 1.82) is 0 Å². The van der Waals surface area contributed by atoms with Crippen LogP contribution in [-0.2, 0) is 4.79 Å². The molecular weight excluding hydrogens is 290 g/mol. The number of hydrogen-bond acceptors (Lipinski definition) is 5. The summed E-state index contributed by atoms with van der Waals surface area (Å²) in [6.45, 7) is 4.24. The van der Waals surface area contributed by atoms with Gasteiger partial charge in [0.1, 0.15) is 18.0 Å². The molecule has 2 atom stereocenters. The van der Waals surface area contributed by atoms with Gasteiger partial charge in [0.25, 0.3) is 0 Å². The van der Waals surface area contributed by atoms with E-state index in [0.29, 0.717) is 12.6 Å². The predicted molar refractivity (Wildman–Crippen MR) is 91.5 cm³/mol. The van der Waals surface area contributed by atoms with Crippen LogP contribution >= 0.6 is 0 Å². The second-order valence-electron chi connectivity index (χ2n) is 6.78. The lowest BCUT2D eigenvalue weighted by atomic mass is 9.84. The van der Waals surface area contributed by atoms with Crippen LogP contribution in [0.15, 0.2) is 12.4 Å². The van der Waals surface area contributed by atoms with E-state index in [1.165, 1.54) is 32.1 Å². The van der Waals surface area contributed by atoms with Crippen LogP contribution in [0.25, 0.3) is 0 Å². The molecule has 1 amide bonds. The monoisotopic (exact) mass is 317 g/mol. The molecule has 2 unspecified atom stereocenters. The van der Waals surface area contributed by atoms with Crippen molar-refractivity contribution in [2.75, 3.05) is 36.9 Å². The highest BCUT2D eigenvalue weighted by molar-refractivity contribution is 5.82. The van der Waals surface area contributed by atoms with Gasteiger partial charge in [-0.1, -0.05) is 26.2 Å². The molecule has 23 heavy (non-hydrogen) atoms. The third-order valence-electron chi connectivity index (χ3n) is 5.15. The molecule has 0 radical (unpaired) electrons. The van der Waals surface area contributed by atoms with Gasteiger partial charge in [0.05, 0.1) is 6.54 Å². The number of aromatic nitrogens is 2. The summed E-state index contributed by atoms with van der Waals surface area (Å²) in [5.74, 6) is 2.69. The van der Waals surface area contributed by atoms with Crippen LogP contribution in [0, 0.1) is 5.92 Å². The zero-order valence-electron chi connectivity index (χ0n) is 14.2. The molecule has 1 aliphatic carbocycles. The molecule has 2 aliphatic rings. The molecule has 1 saturated carbocycles. The summed E-state index contributed by atoms with van der Waals surface area (Å²) in [7, 11) is 1.85.